The fourth-order valence-corrected chi connectivity index (χ4v) is 13.2. The van der Waals surface area contributed by atoms with Crippen molar-refractivity contribution >= 4 is 114 Å². The minimum absolute atomic E-state index is 0. The molecule has 0 fully saturated rings. The number of hydrogen-bond donors (Lipinski definition) is 3. The second-order valence-electron chi connectivity index (χ2n) is 28.0. The SMILES string of the molecule is CCOC(=O)c1cn2cc(-c3cccc(CF)c3)ncc2n1.CCOC(=O)c1cn2cc(Br)ncc2n1.FC(F)c1cn2cc(-c3cccc(C(F)(F)F)c3)ncc2n1.FC(F)c1nc2cnc(-c3cccc(C(F)(F)F)c3)cn2c1Br.O=Cc1cn2cc(-c3cccc(C(F)(F)F)c3)ncc2n1.OB(O)c1cccc(C(F)(F)F)c1.OCc1cn2cc(-c3cccc(CF)c3)ncc2n1.[AlH3].[H-].[Li+]. The number of aldehydes is 1. The van der Waals surface area contributed by atoms with Crippen molar-refractivity contribution in [2.75, 3.05) is 13.2 Å². The molecule has 49 heteroatoms. The van der Waals surface area contributed by atoms with Crippen molar-refractivity contribution < 1.29 is 138 Å². The van der Waals surface area contributed by atoms with Gasteiger partial charge in [0, 0.05) is 96.0 Å². The number of rotatable bonds is 16. The number of hydrogen-bond acceptors (Lipinski definition) is 20. The van der Waals surface area contributed by atoms with Crippen LogP contribution in [0.15, 0.2) is 260 Å². The first kappa shape index (κ1) is 105. The Morgan fingerprint density at radius 2 is 0.788 bits per heavy atom. The van der Waals surface area contributed by atoms with E-state index in [1.165, 1.54) is 88.6 Å². The van der Waals surface area contributed by atoms with Crippen LogP contribution in [0.25, 0.3) is 90.2 Å². The standard InChI is InChI=1S/C16H14FN3O2.C14H7BrF5N3.C14H8F5N3.C14H8F3N3O.C14H12FN3O.C9H8BrN3O2.C7H6BF3O2.Al.Li.4H/c1-2-22-16(21)14-10-20-9-13(18-8-15(20)19-14)12-5-3-4-11(6-12)7-17;15-12-11(13(16)17)22-10-5-21-9(6-23(10)12)7-2-1-3-8(4-7)14(18,19)20;15-13(16)11-7-22-6-10(20-5-12(22)21-11)8-2-1-3-9(4-8)14(17,18)19;15-14(16,17)10-3-1-2-9(4-10)12-7-20-6-11(8-21)19-13(20)5-18-12;15-5-10-2-1-3-11(4-10)13-8-18-7-12(9-19)17-14(18)6-16-13;1-2-15-9(14)6-4-13-5-7(10)11-3-8(13)12-6;9-7(10,11)5-2-1-3-6(4-5)8(12)13;;;;;;/h3-6,8-10H,2,7H2,1H3;1-6,13H;1-7,13H;1-8H;1-4,6-8,19H,5,9H2;3-5H,2H2,1H3;1-4,12-13H;;;;;;/q;;;;;;;;+1;;;;-1. The molecule has 704 valence electrons. The fraction of sp³-hybridized carbons (Fsp3) is 0.148. The van der Waals surface area contributed by atoms with Crippen LogP contribution in [0.5, 0.6) is 0 Å². The summed E-state index contributed by atoms with van der Waals surface area (Å²) in [7, 11) is -1.87. The normalized spacial score (nSPS) is 11.4. The van der Waals surface area contributed by atoms with Gasteiger partial charge in [-0.15, -0.1) is 0 Å². The Kier molecular flexibility index (Phi) is 35.7. The number of carbonyl (C=O) groups is 3. The van der Waals surface area contributed by atoms with Gasteiger partial charge in [0.25, 0.3) is 12.9 Å². The van der Waals surface area contributed by atoms with Gasteiger partial charge in [0.05, 0.1) is 113 Å². The maximum absolute atomic E-state index is 12.8. The van der Waals surface area contributed by atoms with Gasteiger partial charge in [-0.1, -0.05) is 97.1 Å². The van der Waals surface area contributed by atoms with Crippen LogP contribution in [0.4, 0.5) is 79.0 Å². The van der Waals surface area contributed by atoms with Crippen LogP contribution in [0.2, 0.25) is 0 Å². The molecule has 0 aliphatic rings. The maximum atomic E-state index is 12.8. The van der Waals surface area contributed by atoms with Gasteiger partial charge in [-0.25, -0.2) is 70.8 Å². The van der Waals surface area contributed by atoms with E-state index in [0.717, 1.165) is 71.5 Å². The van der Waals surface area contributed by atoms with Crippen molar-refractivity contribution in [3.63, 3.8) is 0 Å². The Bertz CT molecular complexity index is 7260. The summed E-state index contributed by atoms with van der Waals surface area (Å²) >= 11 is 6.25. The van der Waals surface area contributed by atoms with Crippen molar-refractivity contribution in [3.8, 4) is 56.3 Å². The quantitative estimate of drug-likeness (QED) is 0.0350. The Morgan fingerprint density at radius 1 is 0.431 bits per heavy atom. The molecule has 0 aliphatic heterocycles. The summed E-state index contributed by atoms with van der Waals surface area (Å²) in [5.41, 5.74) is 5.65. The van der Waals surface area contributed by atoms with Gasteiger partial charge in [0.2, 0.25) is 0 Å². The van der Waals surface area contributed by atoms with Gasteiger partial charge in [0.15, 0.2) is 68.9 Å². The zero-order valence-electron chi connectivity index (χ0n) is 71.0. The number of ether oxygens (including phenoxy) is 2. The molecule has 137 heavy (non-hydrogen) atoms. The molecule has 0 unspecified atom stereocenters. The van der Waals surface area contributed by atoms with Gasteiger partial charge < -0.3 is 48.1 Å². The van der Waals surface area contributed by atoms with E-state index in [0.29, 0.717) is 86.5 Å². The summed E-state index contributed by atoms with van der Waals surface area (Å²) in [5, 5.41) is 26.3. The fourth-order valence-electron chi connectivity index (χ4n) is 12.3. The summed E-state index contributed by atoms with van der Waals surface area (Å²) in [6.07, 6.45) is 3.07. The van der Waals surface area contributed by atoms with Crippen LogP contribution in [0.1, 0.15) is 110 Å². The third kappa shape index (κ3) is 27.4. The van der Waals surface area contributed by atoms with E-state index < -0.39 is 104 Å². The number of esters is 2. The number of alkyl halides is 18. The number of fused-ring (bicyclic) bond motifs is 6. The predicted molar refractivity (Wildman–Crippen MR) is 471 cm³/mol. The number of aliphatic hydroxyl groups is 1. The van der Waals surface area contributed by atoms with Crippen LogP contribution >= 0.6 is 31.9 Å². The second kappa shape index (κ2) is 46.3. The first-order valence-corrected chi connectivity index (χ1v) is 40.5. The molecular weight excluding hydrogens is 1980 g/mol. The van der Waals surface area contributed by atoms with Gasteiger partial charge >= 0.3 is 62.6 Å². The maximum Gasteiger partial charge on any atom is 1.00 e. The smallest absolute Gasteiger partial charge is 1.00 e. The third-order valence-corrected chi connectivity index (χ3v) is 19.8. The van der Waals surface area contributed by atoms with Crippen LogP contribution in [0.3, 0.4) is 0 Å². The van der Waals surface area contributed by atoms with E-state index in [2.05, 4.69) is 91.7 Å². The zero-order valence-corrected chi connectivity index (χ0v) is 73.2. The monoisotopic (exact) mass is 2050 g/mol. The van der Waals surface area contributed by atoms with Crippen LogP contribution in [-0.4, -0.2) is 157 Å². The molecule has 0 atom stereocenters. The molecule has 0 amide bonds. The van der Waals surface area contributed by atoms with E-state index >= 15 is 0 Å². The average molecular weight is 2050 g/mol. The van der Waals surface area contributed by atoms with Crippen LogP contribution in [0, 0.1) is 0 Å². The van der Waals surface area contributed by atoms with E-state index in [1.54, 1.807) is 117 Å². The third-order valence-electron chi connectivity index (χ3n) is 18.6. The topological polar surface area (TPSA) is 311 Å². The van der Waals surface area contributed by atoms with Crippen molar-refractivity contribution in [2.45, 2.75) is 71.4 Å². The molecule has 0 saturated carbocycles. The summed E-state index contributed by atoms with van der Waals surface area (Å²) in [6.45, 7) is 3.02. The average Bonchev–Trinajstić information content (AvgIpc) is 1.67. The van der Waals surface area contributed by atoms with Gasteiger partial charge in [0.1, 0.15) is 39.6 Å². The van der Waals surface area contributed by atoms with Crippen molar-refractivity contribution in [2.24, 2.45) is 0 Å². The van der Waals surface area contributed by atoms with Gasteiger partial charge in [-0.3, -0.25) is 34.1 Å². The minimum atomic E-state index is -4.47. The summed E-state index contributed by atoms with van der Waals surface area (Å²) in [4.78, 5) is 82.2. The summed E-state index contributed by atoms with van der Waals surface area (Å²) in [6, 6.07) is 32.4. The molecule has 0 aliphatic carbocycles. The molecule has 3 N–H and O–H groups in total. The van der Waals surface area contributed by atoms with E-state index in [1.807, 2.05) is 24.4 Å². The molecule has 6 aromatic carbocycles. The molecule has 0 saturated heterocycles. The zero-order chi connectivity index (χ0) is 97.4. The number of aliphatic hydroxyl groups excluding tert-OH is 1. The molecule has 0 bridgehead atoms. The number of aromatic nitrogens is 18. The molecule has 12 heterocycles. The van der Waals surface area contributed by atoms with Crippen LogP contribution < -0.4 is 24.3 Å². The Labute approximate surface area is 802 Å². The molecule has 0 spiro atoms. The number of imidazole rings is 6. The van der Waals surface area contributed by atoms with E-state index in [-0.39, 0.29) is 105 Å². The number of carbonyl (C=O) groups excluding carboxylic acids is 3. The number of benzene rings is 6. The molecule has 26 nitrogen and oxygen atoms in total. The van der Waals surface area contributed by atoms with Crippen molar-refractivity contribution in [1.29, 1.82) is 0 Å². The van der Waals surface area contributed by atoms with Gasteiger partial charge in [-0.05, 0) is 111 Å². The first-order chi connectivity index (χ1) is 64.2. The number of nitrogens with zero attached hydrogens (tertiary/aromatic N) is 18. The molecule has 18 rings (SSSR count). The van der Waals surface area contributed by atoms with Crippen LogP contribution in [-0.2, 0) is 54.1 Å². The first-order valence-electron chi connectivity index (χ1n) is 39.0. The molecule has 12 aromatic heterocycles. The van der Waals surface area contributed by atoms with Gasteiger partial charge in [-0.2, -0.15) is 52.7 Å². The number of halogens is 20. The van der Waals surface area contributed by atoms with E-state index in [4.69, 9.17) is 24.6 Å². The molecular formula is C88H67AlBBr2F18LiN18O8. The predicted octanol–water partition coefficient (Wildman–Crippen LogP) is 16.1. The Hall–Kier alpha value is -13.6. The van der Waals surface area contributed by atoms with Crippen molar-refractivity contribution in [1.82, 2.24) is 86.2 Å². The molecule has 0 radical (unpaired) electrons. The summed E-state index contributed by atoms with van der Waals surface area (Å²) < 4.78 is 247. The molecule has 18 aromatic rings. The summed E-state index contributed by atoms with van der Waals surface area (Å²) in [5.74, 6) is -0.885. The second-order valence-corrected chi connectivity index (χ2v) is 29.5. The van der Waals surface area contributed by atoms with E-state index in [9.17, 15) is 93.4 Å². The Morgan fingerprint density at radius 3 is 1.19 bits per heavy atom. The van der Waals surface area contributed by atoms with Crippen molar-refractivity contribution in [3.05, 3.63) is 328 Å². The minimum Gasteiger partial charge on any atom is -1.00 e. The Balaban J connectivity index is 0.000000181. The largest absolute Gasteiger partial charge is 1.00 e.